The molecule has 0 aliphatic carbocycles. The van der Waals surface area contributed by atoms with Gasteiger partial charge in [0.25, 0.3) is 0 Å². The van der Waals surface area contributed by atoms with Gasteiger partial charge in [-0.2, -0.15) is 0 Å². The number of nitrogens with one attached hydrogen (secondary N) is 1. The van der Waals surface area contributed by atoms with Gasteiger partial charge in [0, 0.05) is 29.9 Å². The van der Waals surface area contributed by atoms with E-state index in [9.17, 15) is 0 Å². The second kappa shape index (κ2) is 6.48. The van der Waals surface area contributed by atoms with E-state index >= 15 is 0 Å². The normalized spacial score (nSPS) is 14.1. The summed E-state index contributed by atoms with van der Waals surface area (Å²) in [4.78, 5) is 8.30. The van der Waals surface area contributed by atoms with Crippen molar-refractivity contribution >= 4 is 22.2 Å². The predicted molar refractivity (Wildman–Crippen MR) is 91.4 cm³/mol. The van der Waals surface area contributed by atoms with E-state index in [1.807, 2.05) is 6.20 Å². The fraction of sp³-hybridized carbons (Fsp3) is 0.471. The van der Waals surface area contributed by atoms with E-state index < -0.39 is 0 Å². The number of nitrogens with zero attached hydrogens (tertiary/aromatic N) is 2. The van der Waals surface area contributed by atoms with Crippen LogP contribution in [0.2, 0.25) is 0 Å². The Morgan fingerprint density at radius 1 is 1.38 bits per heavy atom. The van der Waals surface area contributed by atoms with Crippen LogP contribution in [0.5, 0.6) is 0 Å². The Morgan fingerprint density at radius 3 is 3.14 bits per heavy atom. The van der Waals surface area contributed by atoms with Gasteiger partial charge in [-0.15, -0.1) is 11.3 Å². The van der Waals surface area contributed by atoms with Gasteiger partial charge in [0.05, 0.1) is 6.54 Å². The van der Waals surface area contributed by atoms with Crippen LogP contribution < -0.4 is 10.2 Å². The van der Waals surface area contributed by atoms with Gasteiger partial charge in [-0.3, -0.25) is 0 Å². The third-order valence-corrected chi connectivity index (χ3v) is 4.82. The molecule has 1 aromatic heterocycles. The molecule has 3 nitrogen and oxygen atoms in total. The van der Waals surface area contributed by atoms with Crippen LogP contribution in [-0.4, -0.2) is 18.1 Å². The van der Waals surface area contributed by atoms with E-state index in [0.29, 0.717) is 0 Å². The average Bonchev–Trinajstić information content (AvgIpc) is 2.92. The van der Waals surface area contributed by atoms with E-state index in [2.05, 4.69) is 47.2 Å². The zero-order valence-corrected chi connectivity index (χ0v) is 13.7. The number of aromatic nitrogens is 1. The van der Waals surface area contributed by atoms with Crippen LogP contribution in [0.3, 0.4) is 0 Å². The molecule has 0 radical (unpaired) electrons. The number of rotatable bonds is 5. The fourth-order valence-corrected chi connectivity index (χ4v) is 3.70. The first kappa shape index (κ1) is 14.4. The Morgan fingerprint density at radius 2 is 2.29 bits per heavy atom. The molecular weight excluding hydrogens is 278 g/mol. The molecule has 0 atom stereocenters. The van der Waals surface area contributed by atoms with Crippen LogP contribution in [0.1, 0.15) is 35.8 Å². The van der Waals surface area contributed by atoms with Gasteiger partial charge >= 0.3 is 0 Å². The highest BCUT2D eigenvalue weighted by Gasteiger charge is 2.17. The van der Waals surface area contributed by atoms with Crippen LogP contribution >= 0.6 is 11.3 Å². The predicted octanol–water partition coefficient (Wildman–Crippen LogP) is 4.23. The van der Waals surface area contributed by atoms with Crippen molar-refractivity contribution in [2.24, 2.45) is 0 Å². The molecule has 1 N–H and O–H groups in total. The Kier molecular flexibility index (Phi) is 4.44. The summed E-state index contributed by atoms with van der Waals surface area (Å²) in [6.07, 6.45) is 5.61. The van der Waals surface area contributed by atoms with Crippen molar-refractivity contribution < 1.29 is 0 Å². The van der Waals surface area contributed by atoms with Gasteiger partial charge in [0.2, 0.25) is 0 Å². The molecule has 2 aromatic rings. The van der Waals surface area contributed by atoms with Crippen LogP contribution in [0, 0.1) is 6.92 Å². The summed E-state index contributed by atoms with van der Waals surface area (Å²) in [5, 5.41) is 4.42. The highest BCUT2D eigenvalue weighted by molar-refractivity contribution is 7.15. The van der Waals surface area contributed by atoms with Crippen molar-refractivity contribution in [2.45, 2.75) is 39.7 Å². The summed E-state index contributed by atoms with van der Waals surface area (Å²) >= 11 is 1.78. The minimum absolute atomic E-state index is 0.974. The number of thiazole rings is 1. The van der Waals surface area contributed by atoms with Crippen molar-refractivity contribution in [3.05, 3.63) is 40.4 Å². The first-order valence-electron chi connectivity index (χ1n) is 7.79. The topological polar surface area (TPSA) is 28.2 Å². The molecule has 2 heterocycles. The quantitative estimate of drug-likeness (QED) is 0.896. The molecule has 0 fully saturated rings. The fourth-order valence-electron chi connectivity index (χ4n) is 2.85. The maximum atomic E-state index is 4.47. The number of aryl methyl sites for hydroxylation is 2. The van der Waals surface area contributed by atoms with Crippen molar-refractivity contribution in [2.75, 3.05) is 23.3 Å². The highest BCUT2D eigenvalue weighted by atomic mass is 32.1. The molecule has 0 saturated carbocycles. The van der Waals surface area contributed by atoms with Gasteiger partial charge in [0.15, 0.2) is 5.13 Å². The maximum absolute atomic E-state index is 4.47. The Hall–Kier alpha value is -1.55. The highest BCUT2D eigenvalue weighted by Crippen LogP contribution is 2.30. The Balaban J connectivity index is 1.73. The molecule has 1 aliphatic rings. The molecule has 0 saturated heterocycles. The minimum atomic E-state index is 0.974. The summed E-state index contributed by atoms with van der Waals surface area (Å²) < 4.78 is 0. The van der Waals surface area contributed by atoms with Gasteiger partial charge < -0.3 is 10.2 Å². The lowest BCUT2D eigenvalue weighted by atomic mass is 9.99. The Labute approximate surface area is 131 Å². The maximum Gasteiger partial charge on any atom is 0.182 e. The van der Waals surface area contributed by atoms with Gasteiger partial charge in [-0.05, 0) is 37.8 Å². The van der Waals surface area contributed by atoms with E-state index in [0.717, 1.165) is 31.2 Å². The molecule has 4 heteroatoms. The molecule has 0 amide bonds. The van der Waals surface area contributed by atoms with Crippen LogP contribution in [0.4, 0.5) is 10.8 Å². The number of benzene rings is 1. The molecule has 3 rings (SSSR count). The molecule has 21 heavy (non-hydrogen) atoms. The molecule has 0 unspecified atom stereocenters. The summed E-state index contributed by atoms with van der Waals surface area (Å²) in [5.41, 5.74) is 4.26. The third kappa shape index (κ3) is 3.38. The van der Waals surface area contributed by atoms with Crippen molar-refractivity contribution in [3.8, 4) is 0 Å². The Bertz CT molecular complexity index is 606. The van der Waals surface area contributed by atoms with E-state index in [-0.39, 0.29) is 0 Å². The van der Waals surface area contributed by atoms with Crippen LogP contribution in [0.25, 0.3) is 0 Å². The van der Waals surface area contributed by atoms with E-state index in [1.54, 1.807) is 11.3 Å². The first-order valence-corrected chi connectivity index (χ1v) is 8.61. The standard InChI is InChI=1S/C17H23N3S/c1-3-8-18-17-19-11-15(21-17)12-20-9-4-5-14-10-13(2)6-7-16(14)20/h6-7,10-11H,3-5,8-9,12H2,1-2H3,(H,18,19). The van der Waals surface area contributed by atoms with Crippen molar-refractivity contribution in [1.29, 1.82) is 0 Å². The van der Waals surface area contributed by atoms with Crippen LogP contribution in [-0.2, 0) is 13.0 Å². The monoisotopic (exact) mass is 301 g/mol. The average molecular weight is 301 g/mol. The third-order valence-electron chi connectivity index (χ3n) is 3.88. The van der Waals surface area contributed by atoms with Gasteiger partial charge in [-0.25, -0.2) is 4.98 Å². The second-order valence-electron chi connectivity index (χ2n) is 5.72. The molecule has 0 spiro atoms. The van der Waals surface area contributed by atoms with E-state index in [4.69, 9.17) is 0 Å². The second-order valence-corrected chi connectivity index (χ2v) is 6.83. The lowest BCUT2D eigenvalue weighted by molar-refractivity contribution is 0.694. The van der Waals surface area contributed by atoms with E-state index in [1.165, 1.54) is 34.5 Å². The smallest absolute Gasteiger partial charge is 0.182 e. The zero-order chi connectivity index (χ0) is 14.7. The SMILES string of the molecule is CCCNc1ncc(CN2CCCc3cc(C)ccc32)s1. The van der Waals surface area contributed by atoms with Crippen LogP contribution in [0.15, 0.2) is 24.4 Å². The first-order chi connectivity index (χ1) is 10.3. The number of anilines is 2. The largest absolute Gasteiger partial charge is 0.366 e. The zero-order valence-electron chi connectivity index (χ0n) is 12.9. The number of fused-ring (bicyclic) bond motifs is 1. The molecule has 1 aromatic carbocycles. The summed E-state index contributed by atoms with van der Waals surface area (Å²) in [6.45, 7) is 7.47. The lowest BCUT2D eigenvalue weighted by Crippen LogP contribution is -2.28. The minimum Gasteiger partial charge on any atom is -0.366 e. The lowest BCUT2D eigenvalue weighted by Gasteiger charge is -2.31. The van der Waals surface area contributed by atoms with Crippen molar-refractivity contribution in [3.63, 3.8) is 0 Å². The molecular formula is C17H23N3S. The summed E-state index contributed by atoms with van der Waals surface area (Å²) in [5.74, 6) is 0. The van der Waals surface area contributed by atoms with Gasteiger partial charge in [-0.1, -0.05) is 24.6 Å². The summed E-state index contributed by atoms with van der Waals surface area (Å²) in [6, 6.07) is 6.83. The number of hydrogen-bond donors (Lipinski definition) is 1. The molecule has 0 bridgehead atoms. The van der Waals surface area contributed by atoms with Gasteiger partial charge in [0.1, 0.15) is 0 Å². The summed E-state index contributed by atoms with van der Waals surface area (Å²) in [7, 11) is 0. The number of hydrogen-bond acceptors (Lipinski definition) is 4. The molecule has 112 valence electrons. The molecule has 1 aliphatic heterocycles. The van der Waals surface area contributed by atoms with Crippen molar-refractivity contribution in [1.82, 2.24) is 4.98 Å².